The van der Waals surface area contributed by atoms with Gasteiger partial charge >= 0.3 is 0 Å². The first-order chi connectivity index (χ1) is 11.1. The van der Waals surface area contributed by atoms with Crippen molar-refractivity contribution >= 4 is 11.6 Å². The number of hydrogen-bond donors (Lipinski definition) is 1. The highest BCUT2D eigenvalue weighted by Crippen LogP contribution is 2.30. The quantitative estimate of drug-likeness (QED) is 0.711. The number of aromatic nitrogens is 1. The maximum atomic E-state index is 14.0. The zero-order valence-electron chi connectivity index (χ0n) is 13.1. The largest absolute Gasteiger partial charge is 1.00 e. The van der Waals surface area contributed by atoms with E-state index in [2.05, 4.69) is 6.07 Å². The van der Waals surface area contributed by atoms with Crippen molar-refractivity contribution in [2.24, 2.45) is 5.92 Å². The number of pyridine rings is 1. The zero-order valence-corrected chi connectivity index (χ0v) is 14.7. The van der Waals surface area contributed by atoms with Crippen LogP contribution < -0.4 is 22.9 Å². The molecule has 4 rings (SSSR count). The van der Waals surface area contributed by atoms with Gasteiger partial charge in [-0.2, -0.15) is 0 Å². The molecule has 3 heterocycles. The minimum Gasteiger partial charge on any atom is -1.00 e. The third kappa shape index (κ3) is 3.10. The van der Waals surface area contributed by atoms with E-state index in [1.165, 1.54) is 11.0 Å². The highest BCUT2D eigenvalue weighted by molar-refractivity contribution is 6.31. The third-order valence-corrected chi connectivity index (χ3v) is 5.52. The van der Waals surface area contributed by atoms with Crippen LogP contribution in [0.15, 0.2) is 41.2 Å². The Morgan fingerprint density at radius 3 is 2.79 bits per heavy atom. The summed E-state index contributed by atoms with van der Waals surface area (Å²) in [5.74, 6) is 0.621. The van der Waals surface area contributed by atoms with Crippen molar-refractivity contribution < 1.29 is 21.7 Å². The number of fused-ring (bicyclic) bond motifs is 4. The van der Waals surface area contributed by atoms with Gasteiger partial charge in [-0.05, 0) is 24.6 Å². The minimum atomic E-state index is -0.225. The molecule has 2 aliphatic rings. The van der Waals surface area contributed by atoms with Crippen LogP contribution in [0.3, 0.4) is 0 Å². The van der Waals surface area contributed by atoms with Gasteiger partial charge in [0.15, 0.2) is 0 Å². The Labute approximate surface area is 151 Å². The van der Waals surface area contributed by atoms with Crippen LogP contribution in [0.4, 0.5) is 4.39 Å². The Morgan fingerprint density at radius 2 is 2.00 bits per heavy atom. The number of likely N-dealkylation sites (tertiary alicyclic amines) is 1. The van der Waals surface area contributed by atoms with Gasteiger partial charge in [-0.1, -0.05) is 23.7 Å². The third-order valence-electron chi connectivity index (χ3n) is 5.16. The van der Waals surface area contributed by atoms with Crippen LogP contribution >= 0.6 is 11.6 Å². The smallest absolute Gasteiger partial charge is 0.250 e. The summed E-state index contributed by atoms with van der Waals surface area (Å²) in [5.41, 5.74) is 1.83. The molecule has 0 spiro atoms. The molecule has 3 nitrogen and oxygen atoms in total. The van der Waals surface area contributed by atoms with Gasteiger partial charge in [0.25, 0.3) is 5.56 Å². The number of hydrogen-bond acceptors (Lipinski definition) is 1. The lowest BCUT2D eigenvalue weighted by atomic mass is 9.83. The summed E-state index contributed by atoms with van der Waals surface area (Å²) in [6.45, 7) is 3.27. The summed E-state index contributed by atoms with van der Waals surface area (Å²) in [6, 6.07) is 10.4. The summed E-state index contributed by atoms with van der Waals surface area (Å²) in [7, 11) is 0. The molecule has 1 aromatic heterocycles. The van der Waals surface area contributed by atoms with Crippen LogP contribution in [0.2, 0.25) is 5.02 Å². The van der Waals surface area contributed by atoms with Crippen molar-refractivity contribution in [3.05, 3.63) is 68.8 Å². The molecule has 0 aliphatic carbocycles. The molecule has 0 amide bonds. The Morgan fingerprint density at radius 1 is 1.21 bits per heavy atom. The molecule has 0 saturated carbocycles. The van der Waals surface area contributed by atoms with Gasteiger partial charge in [0, 0.05) is 30.1 Å². The summed E-state index contributed by atoms with van der Waals surface area (Å²) in [5, 5.41) is 0.504. The van der Waals surface area contributed by atoms with E-state index in [1.807, 2.05) is 10.6 Å². The van der Waals surface area contributed by atoms with Crippen molar-refractivity contribution in [2.45, 2.75) is 25.4 Å². The van der Waals surface area contributed by atoms with E-state index in [0.717, 1.165) is 31.7 Å². The molecular formula is C18H19Cl2FN2O. The number of quaternary nitrogens is 1. The van der Waals surface area contributed by atoms with E-state index in [4.69, 9.17) is 11.6 Å². The van der Waals surface area contributed by atoms with Crippen LogP contribution in [0.25, 0.3) is 0 Å². The van der Waals surface area contributed by atoms with Crippen molar-refractivity contribution in [1.82, 2.24) is 4.57 Å². The predicted molar refractivity (Wildman–Crippen MR) is 87.4 cm³/mol. The molecule has 6 heteroatoms. The minimum absolute atomic E-state index is 0. The SMILES string of the molecule is O=c1cccc2n1C[C@H]1CC2C[NH+](Cc2c(F)cccc2Cl)C1.[Cl-]. The number of nitrogens with zero attached hydrogens (tertiary/aromatic N) is 1. The zero-order chi connectivity index (χ0) is 16.0. The fourth-order valence-electron chi connectivity index (χ4n) is 4.22. The maximum absolute atomic E-state index is 14.0. The first-order valence-corrected chi connectivity index (χ1v) is 8.46. The number of rotatable bonds is 2. The lowest BCUT2D eigenvalue weighted by molar-refractivity contribution is -0.924. The molecule has 2 aliphatic heterocycles. The second-order valence-electron chi connectivity index (χ2n) is 6.73. The van der Waals surface area contributed by atoms with Gasteiger partial charge in [-0.15, -0.1) is 0 Å². The van der Waals surface area contributed by atoms with Gasteiger partial charge < -0.3 is 21.9 Å². The summed E-state index contributed by atoms with van der Waals surface area (Å²) < 4.78 is 16.0. The van der Waals surface area contributed by atoms with Crippen LogP contribution in [0.1, 0.15) is 23.6 Å². The predicted octanol–water partition coefficient (Wildman–Crippen LogP) is -1.15. The average Bonchev–Trinajstić information content (AvgIpc) is 2.52. The number of benzene rings is 1. The molecule has 2 unspecified atom stereocenters. The van der Waals surface area contributed by atoms with Gasteiger partial charge in [0.1, 0.15) is 12.4 Å². The molecule has 24 heavy (non-hydrogen) atoms. The van der Waals surface area contributed by atoms with Crippen molar-refractivity contribution in [1.29, 1.82) is 0 Å². The molecule has 1 saturated heterocycles. The lowest BCUT2D eigenvalue weighted by Gasteiger charge is -2.40. The highest BCUT2D eigenvalue weighted by Gasteiger charge is 2.37. The Hall–Kier alpha value is -1.36. The Kier molecular flexibility index (Phi) is 5.00. The molecule has 1 fully saturated rings. The monoisotopic (exact) mass is 368 g/mol. The van der Waals surface area contributed by atoms with Gasteiger partial charge in [0.05, 0.1) is 23.7 Å². The Balaban J connectivity index is 0.00000169. The lowest BCUT2D eigenvalue weighted by Crippen LogP contribution is -3.13. The molecular weight excluding hydrogens is 350 g/mol. The van der Waals surface area contributed by atoms with Crippen LogP contribution in [-0.2, 0) is 13.1 Å². The van der Waals surface area contributed by atoms with Crippen LogP contribution in [-0.4, -0.2) is 17.7 Å². The molecule has 1 N–H and O–H groups in total. The molecule has 0 radical (unpaired) electrons. The summed E-state index contributed by atoms with van der Waals surface area (Å²) >= 11 is 6.17. The highest BCUT2D eigenvalue weighted by atomic mass is 35.5. The average molecular weight is 369 g/mol. The number of piperidine rings is 1. The maximum Gasteiger partial charge on any atom is 0.250 e. The standard InChI is InChI=1S/C18H18ClFN2O.ClH/c19-15-3-1-4-16(20)14(15)11-21-8-12-7-13(10-21)17-5-2-6-18(23)22(17)9-12;/h1-6,12-13H,7-11H2;1H/t12-,13?;/m0./s1. The first kappa shape index (κ1) is 17.5. The van der Waals surface area contributed by atoms with Crippen molar-refractivity contribution in [3.8, 4) is 0 Å². The second kappa shape index (κ2) is 6.87. The van der Waals surface area contributed by atoms with E-state index >= 15 is 0 Å². The Bertz CT molecular complexity index is 788. The van der Waals surface area contributed by atoms with E-state index in [0.29, 0.717) is 29.0 Å². The fourth-order valence-corrected chi connectivity index (χ4v) is 4.45. The van der Waals surface area contributed by atoms with Crippen molar-refractivity contribution in [3.63, 3.8) is 0 Å². The van der Waals surface area contributed by atoms with Crippen molar-refractivity contribution in [2.75, 3.05) is 13.1 Å². The number of halogens is 3. The van der Waals surface area contributed by atoms with Gasteiger partial charge in [-0.25, -0.2) is 4.39 Å². The molecule has 1 aromatic carbocycles. The van der Waals surface area contributed by atoms with Gasteiger partial charge in [-0.3, -0.25) is 4.79 Å². The molecule has 2 aromatic rings. The van der Waals surface area contributed by atoms with E-state index in [-0.39, 0.29) is 23.8 Å². The van der Waals surface area contributed by atoms with E-state index < -0.39 is 0 Å². The normalized spacial score (nSPS) is 24.8. The topological polar surface area (TPSA) is 26.4 Å². The summed E-state index contributed by atoms with van der Waals surface area (Å²) in [4.78, 5) is 13.4. The van der Waals surface area contributed by atoms with E-state index in [9.17, 15) is 9.18 Å². The molecule has 2 bridgehead atoms. The first-order valence-electron chi connectivity index (χ1n) is 8.08. The number of nitrogens with one attached hydrogen (secondary N) is 1. The van der Waals surface area contributed by atoms with Crippen LogP contribution in [0.5, 0.6) is 0 Å². The van der Waals surface area contributed by atoms with Crippen LogP contribution in [0, 0.1) is 11.7 Å². The molecule has 3 atom stereocenters. The fraction of sp³-hybridized carbons (Fsp3) is 0.389. The second-order valence-corrected chi connectivity index (χ2v) is 7.14. The van der Waals surface area contributed by atoms with E-state index in [1.54, 1.807) is 18.2 Å². The van der Waals surface area contributed by atoms with Gasteiger partial charge in [0.2, 0.25) is 0 Å². The molecule has 128 valence electrons. The summed E-state index contributed by atoms with van der Waals surface area (Å²) in [6.07, 6.45) is 1.12.